The number of phenolic OH excluding ortho intramolecular Hbond substituents is 2. The van der Waals surface area contributed by atoms with Gasteiger partial charge in [-0.05, 0) is 86.3 Å². The predicted octanol–water partition coefficient (Wildman–Crippen LogP) is 6.81. The molecule has 6 atom stereocenters. The molecule has 0 heterocycles. The minimum Gasteiger partial charge on any atom is -0.504 e. The maximum atomic E-state index is 12.8. The lowest BCUT2D eigenvalue weighted by molar-refractivity contribution is -0.161. The largest absolute Gasteiger partial charge is 0.504 e. The Balaban J connectivity index is 1.64. The number of aromatic hydroxyl groups is 2. The van der Waals surface area contributed by atoms with E-state index in [0.29, 0.717) is 5.92 Å². The summed E-state index contributed by atoms with van der Waals surface area (Å²) in [7, 11) is 1.52. The van der Waals surface area contributed by atoms with E-state index in [1.54, 1.807) is 6.07 Å². The summed E-state index contributed by atoms with van der Waals surface area (Å²) in [5, 5.41) is 20.9. The molecule has 184 valence electrons. The average Bonchev–Trinajstić information content (AvgIpc) is 2.79. The van der Waals surface area contributed by atoms with E-state index in [0.717, 1.165) is 55.2 Å². The molecule has 0 bridgehead atoms. The molecule has 4 heteroatoms. The van der Waals surface area contributed by atoms with Gasteiger partial charge in [-0.15, -0.1) is 0 Å². The number of ether oxygens (including phenoxy) is 1. The van der Waals surface area contributed by atoms with Crippen LogP contribution in [0.5, 0.6) is 11.5 Å². The SMILES string of the molecule is COC(=O)[C@]1(C)CC[C@]2(C)CC=C3[C@]4(C)C=Cc5c(cc(O)c(O)c5C)[C@]4(C)CC[C@@]3(C)C2C1. The van der Waals surface area contributed by atoms with E-state index in [4.69, 9.17) is 4.74 Å². The van der Waals surface area contributed by atoms with Crippen LogP contribution in [0.1, 0.15) is 89.8 Å². The Labute approximate surface area is 204 Å². The Morgan fingerprint density at radius 3 is 2.44 bits per heavy atom. The smallest absolute Gasteiger partial charge is 0.311 e. The normalized spacial score (nSPS) is 42.6. The second-order valence-electron chi connectivity index (χ2n) is 12.9. The van der Waals surface area contributed by atoms with E-state index < -0.39 is 5.41 Å². The molecule has 0 amide bonds. The Hall–Kier alpha value is -2.23. The molecular weight excluding hydrogens is 424 g/mol. The minimum absolute atomic E-state index is 0.00713. The quantitative estimate of drug-likeness (QED) is 0.272. The molecule has 4 aliphatic carbocycles. The Morgan fingerprint density at radius 2 is 1.76 bits per heavy atom. The lowest BCUT2D eigenvalue weighted by atomic mass is 9.37. The third-order valence-electron chi connectivity index (χ3n) is 11.2. The molecule has 2 fully saturated rings. The molecule has 2 saturated carbocycles. The number of carbonyl (C=O) groups excluding carboxylic acids is 1. The van der Waals surface area contributed by atoms with Crippen molar-refractivity contribution in [3.05, 3.63) is 40.5 Å². The molecule has 0 saturated heterocycles. The fraction of sp³-hybridized carbons (Fsp3) is 0.633. The molecule has 4 aliphatic rings. The van der Waals surface area contributed by atoms with Crippen LogP contribution in [-0.4, -0.2) is 23.3 Å². The molecule has 34 heavy (non-hydrogen) atoms. The highest BCUT2D eigenvalue weighted by Gasteiger charge is 2.64. The third kappa shape index (κ3) is 2.69. The number of carbonyl (C=O) groups is 1. The van der Waals surface area contributed by atoms with Crippen LogP contribution >= 0.6 is 0 Å². The predicted molar refractivity (Wildman–Crippen MR) is 135 cm³/mol. The number of fused-ring (bicyclic) bond motifs is 7. The van der Waals surface area contributed by atoms with Gasteiger partial charge in [0.15, 0.2) is 11.5 Å². The Kier molecular flexibility index (Phi) is 4.79. The summed E-state index contributed by atoms with van der Waals surface area (Å²) in [6.45, 7) is 13.6. The van der Waals surface area contributed by atoms with E-state index >= 15 is 0 Å². The van der Waals surface area contributed by atoms with E-state index in [9.17, 15) is 15.0 Å². The number of hydrogen-bond donors (Lipinski definition) is 2. The van der Waals surface area contributed by atoms with E-state index in [2.05, 4.69) is 52.8 Å². The van der Waals surface area contributed by atoms with Gasteiger partial charge in [0.25, 0.3) is 0 Å². The molecule has 0 radical (unpaired) electrons. The topological polar surface area (TPSA) is 66.8 Å². The second kappa shape index (κ2) is 6.92. The summed E-state index contributed by atoms with van der Waals surface area (Å²) in [6.07, 6.45) is 12.9. The van der Waals surface area contributed by atoms with Gasteiger partial charge in [0.2, 0.25) is 0 Å². The van der Waals surface area contributed by atoms with Crippen LogP contribution in [-0.2, 0) is 14.9 Å². The highest BCUT2D eigenvalue weighted by atomic mass is 16.5. The summed E-state index contributed by atoms with van der Waals surface area (Å²) in [6, 6.07) is 1.80. The minimum atomic E-state index is -0.429. The molecule has 2 N–H and O–H groups in total. The molecular formula is C30H40O4. The second-order valence-corrected chi connectivity index (χ2v) is 12.9. The number of esters is 1. The van der Waals surface area contributed by atoms with Crippen molar-refractivity contribution in [3.63, 3.8) is 0 Å². The van der Waals surface area contributed by atoms with Crippen LogP contribution in [0.2, 0.25) is 0 Å². The molecule has 1 aromatic carbocycles. The van der Waals surface area contributed by atoms with Gasteiger partial charge >= 0.3 is 5.97 Å². The summed E-state index contributed by atoms with van der Waals surface area (Å²) >= 11 is 0. The molecule has 0 spiro atoms. The summed E-state index contributed by atoms with van der Waals surface area (Å²) in [5.74, 6) is 0.283. The first-order chi connectivity index (χ1) is 15.8. The Morgan fingerprint density at radius 1 is 1.06 bits per heavy atom. The number of hydrogen-bond acceptors (Lipinski definition) is 4. The number of allylic oxidation sites excluding steroid dienone is 3. The fourth-order valence-electron chi connectivity index (χ4n) is 8.56. The van der Waals surface area contributed by atoms with Crippen molar-refractivity contribution in [3.8, 4) is 11.5 Å². The van der Waals surface area contributed by atoms with Gasteiger partial charge in [-0.25, -0.2) is 0 Å². The van der Waals surface area contributed by atoms with Crippen LogP contribution in [0.4, 0.5) is 0 Å². The fourth-order valence-corrected chi connectivity index (χ4v) is 8.56. The zero-order valence-electron chi connectivity index (χ0n) is 21.8. The van der Waals surface area contributed by atoms with Crippen molar-refractivity contribution in [2.24, 2.45) is 27.6 Å². The van der Waals surface area contributed by atoms with Crippen molar-refractivity contribution in [1.29, 1.82) is 0 Å². The van der Waals surface area contributed by atoms with Gasteiger partial charge in [0.05, 0.1) is 12.5 Å². The summed E-state index contributed by atoms with van der Waals surface area (Å²) < 4.78 is 5.26. The first kappa shape index (κ1) is 23.5. The van der Waals surface area contributed by atoms with Crippen LogP contribution in [0.3, 0.4) is 0 Å². The molecule has 0 aliphatic heterocycles. The van der Waals surface area contributed by atoms with Crippen LogP contribution in [0.25, 0.3) is 6.08 Å². The standard InChI is InChI=1S/C30H40O4/c1-18-19-8-11-30(6)22-9-10-26(2)12-13-27(3,25(33)34-7)17-23(26)28(22,4)14-15-29(30,5)20(19)16-21(31)24(18)32/h8-9,11,16,23,31-32H,10,12-15,17H2,1-7H3/t23?,26-,27+,28+,29-,30-/m0/s1. The van der Waals surface area contributed by atoms with Gasteiger partial charge in [-0.1, -0.05) is 51.5 Å². The van der Waals surface area contributed by atoms with Gasteiger partial charge < -0.3 is 14.9 Å². The van der Waals surface area contributed by atoms with Gasteiger partial charge in [-0.2, -0.15) is 0 Å². The van der Waals surface area contributed by atoms with Crippen molar-refractivity contribution < 1.29 is 19.7 Å². The third-order valence-corrected chi connectivity index (χ3v) is 11.2. The first-order valence-electron chi connectivity index (χ1n) is 12.8. The van der Waals surface area contributed by atoms with Gasteiger partial charge in [0.1, 0.15) is 0 Å². The molecule has 4 nitrogen and oxygen atoms in total. The molecule has 1 unspecified atom stereocenters. The number of benzene rings is 1. The van der Waals surface area contributed by atoms with E-state index in [1.807, 2.05) is 6.92 Å². The maximum absolute atomic E-state index is 12.8. The first-order valence-corrected chi connectivity index (χ1v) is 12.8. The van der Waals surface area contributed by atoms with Crippen molar-refractivity contribution in [2.75, 3.05) is 7.11 Å². The van der Waals surface area contributed by atoms with Gasteiger partial charge in [0, 0.05) is 16.4 Å². The lowest BCUT2D eigenvalue weighted by Gasteiger charge is -2.66. The van der Waals surface area contributed by atoms with Crippen LogP contribution < -0.4 is 0 Å². The van der Waals surface area contributed by atoms with Crippen molar-refractivity contribution >= 4 is 12.0 Å². The number of rotatable bonds is 1. The summed E-state index contributed by atoms with van der Waals surface area (Å²) in [4.78, 5) is 12.8. The van der Waals surface area contributed by atoms with Crippen molar-refractivity contribution in [2.45, 2.75) is 85.5 Å². The zero-order chi connectivity index (χ0) is 24.9. The highest BCUT2D eigenvalue weighted by molar-refractivity contribution is 5.76. The molecule has 1 aromatic rings. The monoisotopic (exact) mass is 464 g/mol. The van der Waals surface area contributed by atoms with Crippen LogP contribution in [0.15, 0.2) is 23.8 Å². The number of phenols is 2. The van der Waals surface area contributed by atoms with E-state index in [1.165, 1.54) is 12.7 Å². The highest BCUT2D eigenvalue weighted by Crippen LogP contribution is 2.72. The maximum Gasteiger partial charge on any atom is 0.311 e. The van der Waals surface area contributed by atoms with E-state index in [-0.39, 0.29) is 39.1 Å². The zero-order valence-corrected chi connectivity index (χ0v) is 21.8. The lowest BCUT2D eigenvalue weighted by Crippen LogP contribution is -2.59. The average molecular weight is 465 g/mol. The van der Waals surface area contributed by atoms with Gasteiger partial charge in [-0.3, -0.25) is 4.79 Å². The molecule has 5 rings (SSSR count). The Bertz CT molecular complexity index is 1150. The van der Waals surface area contributed by atoms with Crippen molar-refractivity contribution in [1.82, 2.24) is 0 Å². The van der Waals surface area contributed by atoms with Crippen LogP contribution in [0, 0.1) is 34.5 Å². The molecule has 0 aromatic heterocycles. The number of methoxy groups -OCH3 is 1. The summed E-state index contributed by atoms with van der Waals surface area (Å²) in [5.41, 5.74) is 3.75.